The molecule has 0 unspecified atom stereocenters. The number of nitrogens with one attached hydrogen (secondary N) is 2. The van der Waals surface area contributed by atoms with Crippen LogP contribution in [0.25, 0.3) is 0 Å². The van der Waals surface area contributed by atoms with Crippen molar-refractivity contribution in [1.29, 1.82) is 0 Å². The van der Waals surface area contributed by atoms with Crippen molar-refractivity contribution in [2.24, 2.45) is 0 Å². The fourth-order valence-electron chi connectivity index (χ4n) is 3.92. The molecule has 1 aliphatic heterocycles. The summed E-state index contributed by atoms with van der Waals surface area (Å²) in [5.74, 6) is 0.384. The normalized spacial score (nSPS) is 15.6. The molecule has 0 spiro atoms. The van der Waals surface area contributed by atoms with Gasteiger partial charge in [-0.05, 0) is 35.4 Å². The van der Waals surface area contributed by atoms with Gasteiger partial charge in [-0.2, -0.15) is 0 Å². The zero-order chi connectivity index (χ0) is 24.3. The number of carbonyl (C=O) groups excluding carboxylic acids is 2. The number of carbonyl (C=O) groups is 2. The van der Waals surface area contributed by atoms with Crippen molar-refractivity contribution in [3.05, 3.63) is 96.1 Å². The summed E-state index contributed by atoms with van der Waals surface area (Å²) in [5, 5.41) is 5.99. The fourth-order valence-corrected chi connectivity index (χ4v) is 3.92. The summed E-state index contributed by atoms with van der Waals surface area (Å²) < 4.78 is 11.5. The molecule has 2 amide bonds. The van der Waals surface area contributed by atoms with Gasteiger partial charge in [-0.15, -0.1) is 0 Å². The van der Waals surface area contributed by atoms with Crippen LogP contribution >= 0.6 is 0 Å². The van der Waals surface area contributed by atoms with E-state index < -0.39 is 6.04 Å². The number of amides is 2. The molecule has 4 rings (SSSR count). The van der Waals surface area contributed by atoms with E-state index in [4.69, 9.17) is 9.47 Å². The molecular weight excluding hydrogens is 442 g/mol. The number of benzene rings is 3. The highest BCUT2D eigenvalue weighted by atomic mass is 16.5. The van der Waals surface area contributed by atoms with Crippen molar-refractivity contribution in [3.8, 4) is 5.75 Å². The van der Waals surface area contributed by atoms with Crippen LogP contribution in [0.5, 0.6) is 5.75 Å². The number of anilines is 1. The monoisotopic (exact) mass is 473 g/mol. The lowest BCUT2D eigenvalue weighted by atomic mass is 10.1. The SMILES string of the molecule is O=C(NCc1ccccc1)[C@H]1CNCC(=O)N1c1ccc(OCCCOCc2ccccc2)cc1. The Morgan fingerprint density at radius 3 is 2.31 bits per heavy atom. The zero-order valence-corrected chi connectivity index (χ0v) is 19.7. The second-order valence-electron chi connectivity index (χ2n) is 8.35. The molecule has 7 heteroatoms. The first kappa shape index (κ1) is 24.4. The molecule has 3 aromatic carbocycles. The van der Waals surface area contributed by atoms with Crippen LogP contribution in [-0.2, 0) is 27.5 Å². The van der Waals surface area contributed by atoms with Crippen molar-refractivity contribution in [3.63, 3.8) is 0 Å². The predicted octanol–water partition coefficient (Wildman–Crippen LogP) is 3.29. The van der Waals surface area contributed by atoms with E-state index in [1.807, 2.05) is 84.9 Å². The highest BCUT2D eigenvalue weighted by Gasteiger charge is 2.34. The van der Waals surface area contributed by atoms with Crippen molar-refractivity contribution < 1.29 is 19.1 Å². The molecule has 1 heterocycles. The highest BCUT2D eigenvalue weighted by Crippen LogP contribution is 2.23. The minimum absolute atomic E-state index is 0.139. The number of piperazine rings is 1. The maximum atomic E-state index is 12.9. The Morgan fingerprint density at radius 1 is 0.914 bits per heavy atom. The van der Waals surface area contributed by atoms with Gasteiger partial charge in [0.1, 0.15) is 11.8 Å². The summed E-state index contributed by atoms with van der Waals surface area (Å²) in [6.45, 7) is 2.75. The minimum Gasteiger partial charge on any atom is -0.494 e. The standard InChI is InChI=1S/C28H31N3O4/c32-27-20-29-19-26(28(33)30-18-22-8-3-1-4-9-22)31(27)24-12-14-25(15-13-24)35-17-7-16-34-21-23-10-5-2-6-11-23/h1-6,8-15,26,29H,7,16-21H2,(H,30,33)/t26-/m1/s1. The van der Waals surface area contributed by atoms with E-state index in [2.05, 4.69) is 10.6 Å². The third-order valence-corrected chi connectivity index (χ3v) is 5.73. The van der Waals surface area contributed by atoms with E-state index in [1.165, 1.54) is 0 Å². The third kappa shape index (κ3) is 7.15. The Kier molecular flexibility index (Phi) is 8.86. The molecule has 1 aliphatic rings. The number of rotatable bonds is 11. The number of hydrogen-bond acceptors (Lipinski definition) is 5. The Labute approximate surface area is 206 Å². The molecule has 2 N–H and O–H groups in total. The maximum absolute atomic E-state index is 12.9. The average Bonchev–Trinajstić information content (AvgIpc) is 2.91. The maximum Gasteiger partial charge on any atom is 0.244 e. The minimum atomic E-state index is -0.617. The Morgan fingerprint density at radius 2 is 1.60 bits per heavy atom. The summed E-state index contributed by atoms with van der Waals surface area (Å²) in [6, 6.07) is 26.5. The summed E-state index contributed by atoms with van der Waals surface area (Å²) in [4.78, 5) is 27.2. The van der Waals surface area contributed by atoms with E-state index in [0.29, 0.717) is 44.3 Å². The molecule has 0 bridgehead atoms. The Bertz CT molecular complexity index is 1070. The van der Waals surface area contributed by atoms with Crippen LogP contribution in [0, 0.1) is 0 Å². The quantitative estimate of drug-likeness (QED) is 0.418. The first-order valence-electron chi connectivity index (χ1n) is 11.9. The van der Waals surface area contributed by atoms with Gasteiger partial charge in [-0.1, -0.05) is 60.7 Å². The van der Waals surface area contributed by atoms with Crippen molar-refractivity contribution in [2.45, 2.75) is 25.6 Å². The van der Waals surface area contributed by atoms with Crippen molar-refractivity contribution >= 4 is 17.5 Å². The second-order valence-corrected chi connectivity index (χ2v) is 8.35. The Balaban J connectivity index is 1.26. The average molecular weight is 474 g/mol. The lowest BCUT2D eigenvalue weighted by Crippen LogP contribution is -2.60. The molecule has 0 saturated carbocycles. The van der Waals surface area contributed by atoms with Gasteiger partial charge in [0.2, 0.25) is 11.8 Å². The van der Waals surface area contributed by atoms with E-state index in [-0.39, 0.29) is 18.4 Å². The smallest absolute Gasteiger partial charge is 0.244 e. The molecule has 0 radical (unpaired) electrons. The zero-order valence-electron chi connectivity index (χ0n) is 19.7. The van der Waals surface area contributed by atoms with Crippen molar-refractivity contribution in [2.75, 3.05) is 31.2 Å². The Hall–Kier alpha value is -3.68. The molecule has 182 valence electrons. The first-order valence-corrected chi connectivity index (χ1v) is 11.9. The van der Waals surface area contributed by atoms with Crippen LogP contribution in [0.15, 0.2) is 84.9 Å². The van der Waals surface area contributed by atoms with Crippen LogP contribution < -0.4 is 20.3 Å². The molecular formula is C28H31N3O4. The molecule has 0 aromatic heterocycles. The second kappa shape index (κ2) is 12.7. The van der Waals surface area contributed by atoms with E-state index in [9.17, 15) is 9.59 Å². The highest BCUT2D eigenvalue weighted by molar-refractivity contribution is 6.02. The van der Waals surface area contributed by atoms with Gasteiger partial charge in [0.05, 0.1) is 26.4 Å². The van der Waals surface area contributed by atoms with E-state index >= 15 is 0 Å². The molecule has 7 nitrogen and oxygen atoms in total. The summed E-state index contributed by atoms with van der Waals surface area (Å²) in [7, 11) is 0. The topological polar surface area (TPSA) is 79.9 Å². The van der Waals surface area contributed by atoms with Gasteiger partial charge in [0.25, 0.3) is 0 Å². The van der Waals surface area contributed by atoms with E-state index in [1.54, 1.807) is 4.90 Å². The number of hydrogen-bond donors (Lipinski definition) is 2. The van der Waals surface area contributed by atoms with Gasteiger partial charge >= 0.3 is 0 Å². The summed E-state index contributed by atoms with van der Waals surface area (Å²) >= 11 is 0. The molecule has 1 atom stereocenters. The van der Waals surface area contributed by atoms with Gasteiger partial charge in [0.15, 0.2) is 0 Å². The molecule has 3 aromatic rings. The van der Waals surface area contributed by atoms with Crippen LogP contribution in [0.4, 0.5) is 5.69 Å². The lowest BCUT2D eigenvalue weighted by Gasteiger charge is -2.35. The first-order chi connectivity index (χ1) is 17.2. The van der Waals surface area contributed by atoms with Gasteiger partial charge < -0.3 is 20.1 Å². The van der Waals surface area contributed by atoms with Crippen LogP contribution in [0.3, 0.4) is 0 Å². The molecule has 35 heavy (non-hydrogen) atoms. The summed E-state index contributed by atoms with van der Waals surface area (Å²) in [6.07, 6.45) is 0.772. The van der Waals surface area contributed by atoms with Crippen molar-refractivity contribution in [1.82, 2.24) is 10.6 Å². The fraction of sp³-hybridized carbons (Fsp3) is 0.286. The lowest BCUT2D eigenvalue weighted by molar-refractivity contribution is -0.127. The van der Waals surface area contributed by atoms with Crippen LogP contribution in [-0.4, -0.2) is 44.2 Å². The van der Waals surface area contributed by atoms with Crippen LogP contribution in [0.2, 0.25) is 0 Å². The summed E-state index contributed by atoms with van der Waals surface area (Å²) in [5.41, 5.74) is 2.84. The molecule has 1 fully saturated rings. The molecule has 1 saturated heterocycles. The van der Waals surface area contributed by atoms with Gasteiger partial charge in [-0.25, -0.2) is 0 Å². The number of ether oxygens (including phenoxy) is 2. The largest absolute Gasteiger partial charge is 0.494 e. The molecule has 0 aliphatic carbocycles. The van der Waals surface area contributed by atoms with Gasteiger partial charge in [-0.3, -0.25) is 14.5 Å². The van der Waals surface area contributed by atoms with Crippen LogP contribution in [0.1, 0.15) is 17.5 Å². The van der Waals surface area contributed by atoms with Gasteiger partial charge in [0, 0.05) is 25.2 Å². The van der Waals surface area contributed by atoms with E-state index in [0.717, 1.165) is 17.5 Å². The predicted molar refractivity (Wildman–Crippen MR) is 135 cm³/mol. The number of nitrogens with zero attached hydrogens (tertiary/aromatic N) is 1. The third-order valence-electron chi connectivity index (χ3n) is 5.73.